The molecule has 196 valence electrons. The molecule has 36 heavy (non-hydrogen) atoms. The molecule has 0 spiro atoms. The molecule has 0 fully saturated rings. The van der Waals surface area contributed by atoms with Gasteiger partial charge in [0.15, 0.2) is 0 Å². The largest absolute Gasteiger partial charge is 0.493 e. The molecule has 2 heterocycles. The highest BCUT2D eigenvalue weighted by atomic mass is 19.3. The molecule has 0 aliphatic rings. The molecule has 4 N–H and O–H groups in total. The summed E-state index contributed by atoms with van der Waals surface area (Å²) >= 11 is 0. The molecule has 3 aromatic rings. The van der Waals surface area contributed by atoms with Gasteiger partial charge in [-0.2, -0.15) is 0 Å². The van der Waals surface area contributed by atoms with Crippen molar-refractivity contribution in [1.82, 2.24) is 4.98 Å². The zero-order chi connectivity index (χ0) is 26.1. The number of furan rings is 1. The molecule has 1 aromatic carbocycles. The van der Waals surface area contributed by atoms with Gasteiger partial charge < -0.3 is 25.4 Å². The Kier molecular flexibility index (Phi) is 9.78. The minimum atomic E-state index is -2.87. The fraction of sp³-hybridized carbons (Fsp3) is 0.481. The summed E-state index contributed by atoms with van der Waals surface area (Å²) in [4.78, 5) is 16.1. The molecule has 0 amide bonds. The zero-order valence-corrected chi connectivity index (χ0v) is 20.9. The number of halogens is 2. The van der Waals surface area contributed by atoms with Crippen LogP contribution in [0.5, 0.6) is 5.75 Å². The summed E-state index contributed by atoms with van der Waals surface area (Å²) in [5.41, 5.74) is 14.4. The zero-order valence-electron chi connectivity index (χ0n) is 20.9. The highest BCUT2D eigenvalue weighted by Crippen LogP contribution is 2.32. The van der Waals surface area contributed by atoms with Crippen LogP contribution in [0.2, 0.25) is 0 Å². The van der Waals surface area contributed by atoms with E-state index in [1.807, 2.05) is 24.3 Å². The molecule has 3 rings (SSSR count). The number of alkyl halides is 2. The van der Waals surface area contributed by atoms with Gasteiger partial charge in [-0.3, -0.25) is 9.78 Å². The normalized spacial score (nSPS) is 12.6. The Bertz CT molecular complexity index is 1150. The lowest BCUT2D eigenvalue weighted by molar-refractivity contribution is -0.145. The first kappa shape index (κ1) is 27.5. The van der Waals surface area contributed by atoms with Gasteiger partial charge in [0.2, 0.25) is 5.92 Å². The van der Waals surface area contributed by atoms with E-state index in [0.717, 1.165) is 40.9 Å². The van der Waals surface area contributed by atoms with Crippen LogP contribution >= 0.6 is 0 Å². The number of nitrogens with two attached hydrogens (primary N) is 2. The third-order valence-electron chi connectivity index (χ3n) is 5.93. The van der Waals surface area contributed by atoms with Crippen molar-refractivity contribution in [2.75, 3.05) is 19.8 Å². The van der Waals surface area contributed by atoms with E-state index in [4.69, 9.17) is 30.3 Å². The lowest BCUT2D eigenvalue weighted by Gasteiger charge is -2.16. The average Bonchev–Trinajstić information content (AvgIpc) is 3.31. The number of benzene rings is 1. The van der Waals surface area contributed by atoms with Crippen LogP contribution in [0.25, 0.3) is 22.3 Å². The Hall–Kier alpha value is -3.04. The molecule has 0 saturated heterocycles. The Balaban J connectivity index is 1.49. The fourth-order valence-electron chi connectivity index (χ4n) is 3.82. The second-order valence-electron chi connectivity index (χ2n) is 8.74. The van der Waals surface area contributed by atoms with E-state index >= 15 is 0 Å². The maximum atomic E-state index is 14.1. The van der Waals surface area contributed by atoms with Gasteiger partial charge in [0.25, 0.3) is 0 Å². The number of pyridine rings is 1. The number of ether oxygens (including phenoxy) is 2. The van der Waals surface area contributed by atoms with Crippen molar-refractivity contribution in [3.63, 3.8) is 0 Å². The number of hydrogen-bond acceptors (Lipinski definition) is 7. The van der Waals surface area contributed by atoms with Gasteiger partial charge in [-0.1, -0.05) is 13.8 Å². The fourth-order valence-corrected chi connectivity index (χ4v) is 3.82. The molecular weight excluding hydrogens is 468 g/mol. The number of nitrogens with zero attached hydrogens (tertiary/aromatic N) is 1. The highest BCUT2D eigenvalue weighted by molar-refractivity contribution is 5.84. The first-order valence-corrected chi connectivity index (χ1v) is 12.4. The van der Waals surface area contributed by atoms with Gasteiger partial charge >= 0.3 is 5.97 Å². The highest BCUT2D eigenvalue weighted by Gasteiger charge is 2.28. The standard InChI is InChI=1S/C27H35F2N3O4/c1-3-19-8-10-21(23(4-2)32-19)25-15-18-7-9-20(16-24(18)36-25)34-13-5-11-27(28,29)12-6-14-35-26(33)22(31)17-30/h7-10,15-16,22H,3-6,11-14,17,30-31H2,1-2H3. The van der Waals surface area contributed by atoms with Crippen molar-refractivity contribution < 1.29 is 27.5 Å². The molecule has 0 bridgehead atoms. The summed E-state index contributed by atoms with van der Waals surface area (Å²) in [7, 11) is 0. The van der Waals surface area contributed by atoms with Crippen molar-refractivity contribution in [3.8, 4) is 17.1 Å². The predicted octanol–water partition coefficient (Wildman–Crippen LogP) is 5.02. The number of carbonyl (C=O) groups excluding carboxylic acids is 1. The van der Waals surface area contributed by atoms with Gasteiger partial charge in [-0.25, -0.2) is 8.78 Å². The van der Waals surface area contributed by atoms with Crippen LogP contribution in [0.3, 0.4) is 0 Å². The third-order valence-corrected chi connectivity index (χ3v) is 5.93. The number of esters is 1. The minimum Gasteiger partial charge on any atom is -0.493 e. The number of aromatic nitrogens is 1. The van der Waals surface area contributed by atoms with Crippen LogP contribution in [0.4, 0.5) is 8.78 Å². The number of fused-ring (bicyclic) bond motifs is 1. The topological polar surface area (TPSA) is 114 Å². The molecule has 0 radical (unpaired) electrons. The summed E-state index contributed by atoms with van der Waals surface area (Å²) in [5.74, 6) is -2.24. The quantitative estimate of drug-likeness (QED) is 0.234. The van der Waals surface area contributed by atoms with E-state index in [9.17, 15) is 13.6 Å². The van der Waals surface area contributed by atoms with Gasteiger partial charge in [0.1, 0.15) is 23.1 Å². The predicted molar refractivity (Wildman–Crippen MR) is 135 cm³/mol. The number of aryl methyl sites for hydroxylation is 2. The second-order valence-corrected chi connectivity index (χ2v) is 8.74. The van der Waals surface area contributed by atoms with Crippen molar-refractivity contribution in [2.45, 2.75) is 64.3 Å². The number of carbonyl (C=O) groups is 1. The molecule has 1 atom stereocenters. The van der Waals surface area contributed by atoms with Crippen LogP contribution < -0.4 is 16.2 Å². The van der Waals surface area contributed by atoms with E-state index in [-0.39, 0.29) is 45.4 Å². The maximum Gasteiger partial charge on any atom is 0.324 e. The van der Waals surface area contributed by atoms with E-state index in [0.29, 0.717) is 11.3 Å². The molecule has 0 aliphatic carbocycles. The third kappa shape index (κ3) is 7.48. The van der Waals surface area contributed by atoms with Crippen molar-refractivity contribution in [2.24, 2.45) is 11.5 Å². The Morgan fingerprint density at radius 3 is 2.53 bits per heavy atom. The summed E-state index contributed by atoms with van der Waals surface area (Å²) in [6.45, 7) is 4.14. The van der Waals surface area contributed by atoms with E-state index in [1.54, 1.807) is 12.1 Å². The molecule has 0 aliphatic heterocycles. The first-order valence-electron chi connectivity index (χ1n) is 12.4. The smallest absolute Gasteiger partial charge is 0.324 e. The monoisotopic (exact) mass is 503 g/mol. The summed E-state index contributed by atoms with van der Waals surface area (Å²) in [5, 5.41) is 0.929. The van der Waals surface area contributed by atoms with E-state index < -0.39 is 17.9 Å². The minimum absolute atomic E-state index is 0.0464. The SMILES string of the molecule is CCc1ccc(-c2cc3ccc(OCCCC(F)(F)CCCOC(=O)C(N)CN)cc3o2)c(CC)n1. The van der Waals surface area contributed by atoms with Crippen molar-refractivity contribution in [1.29, 1.82) is 0 Å². The lowest BCUT2D eigenvalue weighted by atomic mass is 10.1. The van der Waals surface area contributed by atoms with Crippen LogP contribution in [0, 0.1) is 0 Å². The molecule has 0 saturated carbocycles. The van der Waals surface area contributed by atoms with Crippen LogP contribution in [-0.2, 0) is 22.4 Å². The van der Waals surface area contributed by atoms with Crippen molar-refractivity contribution in [3.05, 3.63) is 47.8 Å². The molecule has 1 unspecified atom stereocenters. The van der Waals surface area contributed by atoms with E-state index in [1.165, 1.54) is 0 Å². The summed E-state index contributed by atoms with van der Waals surface area (Å²) in [6, 6.07) is 10.6. The Labute approximate surface area is 210 Å². The number of hydrogen-bond donors (Lipinski definition) is 2. The second kappa shape index (κ2) is 12.8. The van der Waals surface area contributed by atoms with E-state index in [2.05, 4.69) is 13.8 Å². The average molecular weight is 504 g/mol. The Morgan fingerprint density at radius 1 is 1.08 bits per heavy atom. The molecule has 7 nitrogen and oxygen atoms in total. The first-order chi connectivity index (χ1) is 17.3. The Morgan fingerprint density at radius 2 is 1.83 bits per heavy atom. The maximum absolute atomic E-state index is 14.1. The summed E-state index contributed by atoms with van der Waals surface area (Å²) in [6.07, 6.45) is 1.20. The number of rotatable bonds is 14. The lowest BCUT2D eigenvalue weighted by Crippen LogP contribution is -2.39. The molecule has 2 aromatic heterocycles. The van der Waals surface area contributed by atoms with Gasteiger partial charge in [-0.15, -0.1) is 0 Å². The van der Waals surface area contributed by atoms with Crippen LogP contribution in [0.1, 0.15) is 50.9 Å². The molecule has 9 heteroatoms. The molecular formula is C27H35F2N3O4. The van der Waals surface area contributed by atoms with Crippen LogP contribution in [0.15, 0.2) is 40.8 Å². The van der Waals surface area contributed by atoms with Gasteiger partial charge in [0.05, 0.1) is 18.9 Å². The van der Waals surface area contributed by atoms with Crippen LogP contribution in [-0.4, -0.2) is 42.7 Å². The van der Waals surface area contributed by atoms with Crippen molar-refractivity contribution >= 4 is 16.9 Å². The summed E-state index contributed by atoms with van der Waals surface area (Å²) < 4.78 is 44.9. The van der Waals surface area contributed by atoms with Gasteiger partial charge in [-0.05, 0) is 56.0 Å². The van der Waals surface area contributed by atoms with Gasteiger partial charge in [0, 0.05) is 42.1 Å².